The van der Waals surface area contributed by atoms with Gasteiger partial charge in [0.1, 0.15) is 29.2 Å². The van der Waals surface area contributed by atoms with Crippen LogP contribution in [0.25, 0.3) is 0 Å². The number of hydrogen-bond donors (Lipinski definition) is 0. The van der Waals surface area contributed by atoms with E-state index >= 15 is 0 Å². The van der Waals surface area contributed by atoms with Crippen LogP contribution in [-0.2, 0) is 25.6 Å². The lowest BCUT2D eigenvalue weighted by Crippen LogP contribution is -2.18. The predicted molar refractivity (Wildman–Crippen MR) is 162 cm³/mol. The van der Waals surface area contributed by atoms with Crippen molar-refractivity contribution in [3.63, 3.8) is 0 Å². The minimum Gasteiger partial charge on any atom is -0.497 e. The van der Waals surface area contributed by atoms with E-state index in [1.54, 1.807) is 37.6 Å². The van der Waals surface area contributed by atoms with Gasteiger partial charge in [0.25, 0.3) is 10.1 Å². The van der Waals surface area contributed by atoms with E-state index in [-0.39, 0.29) is 18.1 Å². The molecule has 0 saturated carbocycles. The van der Waals surface area contributed by atoms with Gasteiger partial charge in [-0.3, -0.25) is 4.18 Å². The molecule has 3 aromatic carbocycles. The molecule has 4 rings (SSSR count). The molecule has 0 atom stereocenters. The number of ether oxygens (including phenoxy) is 3. The normalized spacial score (nSPS) is 10.7. The van der Waals surface area contributed by atoms with E-state index in [0.29, 0.717) is 36.1 Å². The van der Waals surface area contributed by atoms with Gasteiger partial charge in [-0.15, -0.1) is 0 Å². The van der Waals surface area contributed by atoms with Crippen molar-refractivity contribution in [2.24, 2.45) is 0 Å². The topological polar surface area (TPSA) is 104 Å². The van der Waals surface area contributed by atoms with Crippen LogP contribution in [0.3, 0.4) is 0 Å². The van der Waals surface area contributed by atoms with E-state index in [4.69, 9.17) is 23.2 Å². The maximum absolute atomic E-state index is 12.4. The number of carbonyl (C=O) groups is 1. The molecule has 0 aliphatic carbocycles. The fourth-order valence-corrected chi connectivity index (χ4v) is 4.76. The molecule has 222 valence electrons. The SMILES string of the molecule is CC=O.COc1ccc(OCCCOS(=O)(=O)c2ccc(C)cc2)c(CN(C)c2cccnc2Oc2ccccc2)c1. The van der Waals surface area contributed by atoms with Crippen molar-refractivity contribution in [3.05, 3.63) is 102 Å². The highest BCUT2D eigenvalue weighted by Gasteiger charge is 2.16. The van der Waals surface area contributed by atoms with Crippen LogP contribution in [0, 0.1) is 6.92 Å². The first-order valence-corrected chi connectivity index (χ1v) is 14.7. The van der Waals surface area contributed by atoms with Gasteiger partial charge in [0.2, 0.25) is 5.88 Å². The highest BCUT2D eigenvalue weighted by Crippen LogP contribution is 2.32. The first-order chi connectivity index (χ1) is 20.3. The van der Waals surface area contributed by atoms with Gasteiger partial charge in [0, 0.05) is 31.8 Å². The molecule has 0 amide bonds. The molecular formula is C32H36N2O7S. The summed E-state index contributed by atoms with van der Waals surface area (Å²) in [6.45, 7) is 4.12. The van der Waals surface area contributed by atoms with Crippen LogP contribution in [0.15, 0.2) is 96.0 Å². The minimum absolute atomic E-state index is 0.0114. The fourth-order valence-electron chi connectivity index (χ4n) is 3.82. The van der Waals surface area contributed by atoms with E-state index in [1.165, 1.54) is 6.92 Å². The second-order valence-electron chi connectivity index (χ2n) is 9.10. The second-order valence-corrected chi connectivity index (χ2v) is 10.7. The molecule has 0 fully saturated rings. The van der Waals surface area contributed by atoms with Crippen LogP contribution in [0.4, 0.5) is 5.69 Å². The third-order valence-electron chi connectivity index (χ3n) is 5.89. The van der Waals surface area contributed by atoms with E-state index in [9.17, 15) is 8.42 Å². The summed E-state index contributed by atoms with van der Waals surface area (Å²) in [5.74, 6) is 2.55. The van der Waals surface area contributed by atoms with Crippen LogP contribution in [0.1, 0.15) is 24.5 Å². The lowest BCUT2D eigenvalue weighted by Gasteiger charge is -2.23. The number of nitrogens with zero attached hydrogens (tertiary/aromatic N) is 2. The Kier molecular flexibility index (Phi) is 12.3. The van der Waals surface area contributed by atoms with E-state index < -0.39 is 10.1 Å². The third-order valence-corrected chi connectivity index (χ3v) is 7.22. The molecule has 0 radical (unpaired) electrons. The Morgan fingerprint density at radius 3 is 2.31 bits per heavy atom. The zero-order valence-corrected chi connectivity index (χ0v) is 25.0. The maximum atomic E-state index is 12.4. The summed E-state index contributed by atoms with van der Waals surface area (Å²) in [6, 6.07) is 25.4. The number of methoxy groups -OCH3 is 1. The largest absolute Gasteiger partial charge is 0.497 e. The van der Waals surface area contributed by atoms with E-state index in [2.05, 4.69) is 4.98 Å². The fraction of sp³-hybridized carbons (Fsp3) is 0.250. The van der Waals surface area contributed by atoms with Gasteiger partial charge in [-0.2, -0.15) is 8.42 Å². The second kappa shape index (κ2) is 16.1. The summed E-state index contributed by atoms with van der Waals surface area (Å²) in [6.07, 6.45) is 2.83. The number of carbonyl (C=O) groups excluding carboxylic acids is 1. The molecule has 4 aromatic rings. The number of aryl methyl sites for hydroxylation is 1. The maximum Gasteiger partial charge on any atom is 0.296 e. The van der Waals surface area contributed by atoms with Crippen LogP contribution >= 0.6 is 0 Å². The number of rotatable bonds is 13. The molecule has 1 aromatic heterocycles. The summed E-state index contributed by atoms with van der Waals surface area (Å²) < 4.78 is 47.5. The average molecular weight is 593 g/mol. The van der Waals surface area contributed by atoms with Gasteiger partial charge in [-0.25, -0.2) is 4.98 Å². The molecule has 0 bridgehead atoms. The monoisotopic (exact) mass is 592 g/mol. The van der Waals surface area contributed by atoms with Crippen molar-refractivity contribution in [2.45, 2.75) is 31.7 Å². The van der Waals surface area contributed by atoms with Gasteiger partial charge in [-0.1, -0.05) is 35.9 Å². The summed E-state index contributed by atoms with van der Waals surface area (Å²) in [5, 5.41) is 0. The van der Waals surface area contributed by atoms with Crippen molar-refractivity contribution in [1.82, 2.24) is 4.98 Å². The molecule has 0 spiro atoms. The molecule has 9 nitrogen and oxygen atoms in total. The molecule has 0 aliphatic rings. The number of para-hydroxylation sites is 1. The van der Waals surface area contributed by atoms with Crippen LogP contribution in [-0.4, -0.2) is 47.1 Å². The number of hydrogen-bond acceptors (Lipinski definition) is 9. The highest BCUT2D eigenvalue weighted by molar-refractivity contribution is 7.86. The first kappa shape index (κ1) is 32.1. The lowest BCUT2D eigenvalue weighted by atomic mass is 10.1. The number of pyridine rings is 1. The van der Waals surface area contributed by atoms with Crippen molar-refractivity contribution >= 4 is 22.1 Å². The van der Waals surface area contributed by atoms with Gasteiger partial charge >= 0.3 is 0 Å². The number of anilines is 1. The van der Waals surface area contributed by atoms with Gasteiger partial charge in [-0.05, 0) is 68.4 Å². The number of benzene rings is 3. The van der Waals surface area contributed by atoms with Gasteiger partial charge in [0.15, 0.2) is 0 Å². The summed E-state index contributed by atoms with van der Waals surface area (Å²) in [5.41, 5.74) is 2.68. The standard InChI is InChI=1S/C30H32N2O6S.C2H4O/c1-23-12-15-27(16-13-23)39(33,34)37-20-8-19-36-29-17-14-26(35-3)21-24(29)22-32(2)28-11-7-18-31-30(28)38-25-9-5-4-6-10-25;1-2-3/h4-7,9-18,21H,8,19-20,22H2,1-3H3;2H,1H3. The van der Waals surface area contributed by atoms with E-state index in [1.807, 2.05) is 79.5 Å². The molecule has 0 saturated heterocycles. The Morgan fingerprint density at radius 1 is 0.905 bits per heavy atom. The average Bonchev–Trinajstić information content (AvgIpc) is 2.99. The Bertz CT molecular complexity index is 1510. The third kappa shape index (κ3) is 9.60. The Balaban J connectivity index is 0.00000155. The Labute approximate surface area is 247 Å². The molecule has 0 aliphatic heterocycles. The van der Waals surface area contributed by atoms with Crippen molar-refractivity contribution in [1.29, 1.82) is 0 Å². The predicted octanol–water partition coefficient (Wildman–Crippen LogP) is 6.21. The van der Waals surface area contributed by atoms with Crippen LogP contribution in [0.2, 0.25) is 0 Å². The smallest absolute Gasteiger partial charge is 0.296 e. The van der Waals surface area contributed by atoms with Crippen LogP contribution in [0.5, 0.6) is 23.1 Å². The zero-order valence-electron chi connectivity index (χ0n) is 24.2. The van der Waals surface area contributed by atoms with Gasteiger partial charge < -0.3 is 23.9 Å². The first-order valence-electron chi connectivity index (χ1n) is 13.3. The zero-order chi connectivity index (χ0) is 30.4. The molecule has 10 heteroatoms. The molecule has 1 heterocycles. The highest BCUT2D eigenvalue weighted by atomic mass is 32.2. The Morgan fingerprint density at radius 2 is 1.62 bits per heavy atom. The lowest BCUT2D eigenvalue weighted by molar-refractivity contribution is -0.106. The van der Waals surface area contributed by atoms with Crippen molar-refractivity contribution in [2.75, 3.05) is 32.3 Å². The molecule has 42 heavy (non-hydrogen) atoms. The number of aromatic nitrogens is 1. The summed E-state index contributed by atoms with van der Waals surface area (Å²) >= 11 is 0. The molecule has 0 N–H and O–H groups in total. The summed E-state index contributed by atoms with van der Waals surface area (Å²) in [4.78, 5) is 15.4. The van der Waals surface area contributed by atoms with E-state index in [0.717, 1.165) is 23.1 Å². The number of aldehydes is 1. The Hall–Kier alpha value is -4.41. The van der Waals surface area contributed by atoms with Crippen LogP contribution < -0.4 is 19.1 Å². The molecular weight excluding hydrogens is 556 g/mol. The molecule has 0 unspecified atom stereocenters. The summed E-state index contributed by atoms with van der Waals surface area (Å²) in [7, 11) is -0.250. The van der Waals surface area contributed by atoms with Gasteiger partial charge in [0.05, 0.1) is 25.2 Å². The minimum atomic E-state index is -3.81. The van der Waals surface area contributed by atoms with Crippen molar-refractivity contribution < 1.29 is 31.6 Å². The quantitative estimate of drug-likeness (QED) is 0.102. The van der Waals surface area contributed by atoms with Crippen molar-refractivity contribution in [3.8, 4) is 23.1 Å².